The summed E-state index contributed by atoms with van der Waals surface area (Å²) in [6.07, 6.45) is 0.703. The maximum absolute atomic E-state index is 11.9. The molecule has 0 saturated carbocycles. The summed E-state index contributed by atoms with van der Waals surface area (Å²) in [5.74, 6) is -1.20. The van der Waals surface area contributed by atoms with Gasteiger partial charge in [-0.15, -0.1) is 0 Å². The molecule has 0 aromatic rings. The Balaban J connectivity index is 2.62. The fraction of sp³-hybridized carbons (Fsp3) is 0.700. The minimum atomic E-state index is -1.07. The van der Waals surface area contributed by atoms with E-state index in [1.54, 1.807) is 11.9 Å². The highest BCUT2D eigenvalue weighted by Gasteiger charge is 2.25. The number of hydrogen-bond donors (Lipinski definition) is 1. The Kier molecular flexibility index (Phi) is 4.30. The highest BCUT2D eigenvalue weighted by atomic mass is 16.4. The van der Waals surface area contributed by atoms with Crippen molar-refractivity contribution >= 4 is 17.9 Å². The molecule has 0 spiro atoms. The van der Waals surface area contributed by atoms with Crippen LogP contribution in [-0.4, -0.2) is 78.0 Å². The van der Waals surface area contributed by atoms with Gasteiger partial charge in [0.2, 0.25) is 5.91 Å². The molecule has 1 rings (SSSR count). The second-order valence-corrected chi connectivity index (χ2v) is 4.12. The van der Waals surface area contributed by atoms with Crippen LogP contribution in [0, 0.1) is 0 Å². The Morgan fingerprint density at radius 3 is 2.65 bits per heavy atom. The van der Waals surface area contributed by atoms with Crippen LogP contribution >= 0.6 is 0 Å². The summed E-state index contributed by atoms with van der Waals surface area (Å²) in [4.78, 5) is 38.0. The lowest BCUT2D eigenvalue weighted by Gasteiger charge is -2.25. The van der Waals surface area contributed by atoms with Gasteiger partial charge in [-0.05, 0) is 6.42 Å². The van der Waals surface area contributed by atoms with Gasteiger partial charge < -0.3 is 19.8 Å². The van der Waals surface area contributed by atoms with Crippen molar-refractivity contribution in [2.45, 2.75) is 6.42 Å². The smallest absolute Gasteiger partial charge is 0.323 e. The molecule has 0 bridgehead atoms. The van der Waals surface area contributed by atoms with Crippen molar-refractivity contribution in [1.82, 2.24) is 14.7 Å². The number of nitrogens with zero attached hydrogens (tertiary/aromatic N) is 3. The van der Waals surface area contributed by atoms with E-state index in [0.717, 1.165) is 4.90 Å². The number of carboxylic acid groups (broad SMARTS) is 1. The zero-order chi connectivity index (χ0) is 13.0. The molecule has 3 amide bonds. The SMILES string of the molecule is CN1CCCN(C(=O)N(C)CC(=O)O)CC1=O. The van der Waals surface area contributed by atoms with E-state index < -0.39 is 12.0 Å². The normalized spacial score (nSPS) is 16.7. The lowest BCUT2D eigenvalue weighted by molar-refractivity contribution is -0.137. The monoisotopic (exact) mass is 243 g/mol. The van der Waals surface area contributed by atoms with Crippen molar-refractivity contribution in [3.05, 3.63) is 0 Å². The Bertz CT molecular complexity index is 332. The highest BCUT2D eigenvalue weighted by molar-refractivity contribution is 5.85. The fourth-order valence-corrected chi connectivity index (χ4v) is 1.66. The largest absolute Gasteiger partial charge is 0.480 e. The van der Waals surface area contributed by atoms with Gasteiger partial charge in [-0.3, -0.25) is 9.59 Å². The van der Waals surface area contributed by atoms with Crippen LogP contribution in [0.3, 0.4) is 0 Å². The summed E-state index contributed by atoms with van der Waals surface area (Å²) in [7, 11) is 3.10. The number of likely N-dealkylation sites (N-methyl/N-ethyl adjacent to an activating group) is 2. The predicted octanol–water partition coefficient (Wildman–Crippen LogP) is -0.713. The van der Waals surface area contributed by atoms with Crippen LogP contribution in [0.1, 0.15) is 6.42 Å². The molecule has 96 valence electrons. The number of rotatable bonds is 2. The third kappa shape index (κ3) is 3.61. The fourth-order valence-electron chi connectivity index (χ4n) is 1.66. The second-order valence-electron chi connectivity index (χ2n) is 4.12. The van der Waals surface area contributed by atoms with E-state index in [0.29, 0.717) is 19.5 Å². The van der Waals surface area contributed by atoms with Crippen molar-refractivity contribution in [3.8, 4) is 0 Å². The molecule has 0 aromatic carbocycles. The van der Waals surface area contributed by atoms with Crippen molar-refractivity contribution in [3.63, 3.8) is 0 Å². The van der Waals surface area contributed by atoms with Crippen molar-refractivity contribution in [2.24, 2.45) is 0 Å². The molecule has 0 atom stereocenters. The van der Waals surface area contributed by atoms with Crippen molar-refractivity contribution in [2.75, 3.05) is 40.3 Å². The van der Waals surface area contributed by atoms with Gasteiger partial charge in [0.25, 0.3) is 0 Å². The molecule has 1 aliphatic heterocycles. The van der Waals surface area contributed by atoms with Crippen LogP contribution < -0.4 is 0 Å². The van der Waals surface area contributed by atoms with Crippen LogP contribution in [-0.2, 0) is 9.59 Å². The van der Waals surface area contributed by atoms with Crippen LogP contribution in [0.4, 0.5) is 4.79 Å². The third-order valence-electron chi connectivity index (χ3n) is 2.64. The van der Waals surface area contributed by atoms with Crippen LogP contribution in [0.2, 0.25) is 0 Å². The minimum absolute atomic E-state index is 0.0132. The number of carboxylic acids is 1. The molecule has 1 fully saturated rings. The quantitative estimate of drug-likeness (QED) is 0.694. The third-order valence-corrected chi connectivity index (χ3v) is 2.64. The molecular formula is C10H17N3O4. The molecule has 0 unspecified atom stereocenters. The van der Waals surface area contributed by atoms with Gasteiger partial charge in [-0.2, -0.15) is 0 Å². The minimum Gasteiger partial charge on any atom is -0.480 e. The molecule has 1 aliphatic rings. The molecule has 0 aromatic heterocycles. The Morgan fingerprint density at radius 2 is 2.06 bits per heavy atom. The standard InChI is InChI=1S/C10H17N3O4/c1-11-4-3-5-13(6-8(11)14)10(17)12(2)7-9(15)16/h3-7H2,1-2H3,(H,15,16). The lowest BCUT2D eigenvalue weighted by Crippen LogP contribution is -2.45. The van der Waals surface area contributed by atoms with E-state index in [1.165, 1.54) is 11.9 Å². The molecule has 0 radical (unpaired) electrons. The van der Waals surface area contributed by atoms with E-state index in [2.05, 4.69) is 0 Å². The van der Waals surface area contributed by atoms with Crippen LogP contribution in [0.25, 0.3) is 0 Å². The summed E-state index contributed by atoms with van der Waals surface area (Å²) in [5.41, 5.74) is 0. The summed E-state index contributed by atoms with van der Waals surface area (Å²) in [6.45, 7) is 0.739. The van der Waals surface area contributed by atoms with E-state index in [9.17, 15) is 14.4 Å². The molecule has 1 heterocycles. The second kappa shape index (κ2) is 5.51. The number of urea groups is 1. The first-order valence-electron chi connectivity index (χ1n) is 5.37. The Labute approximate surface area is 99.6 Å². The molecule has 7 nitrogen and oxygen atoms in total. The van der Waals surface area contributed by atoms with Crippen molar-refractivity contribution < 1.29 is 19.5 Å². The number of amides is 3. The summed E-state index contributed by atoms with van der Waals surface area (Å²) in [5, 5.41) is 8.59. The first-order chi connectivity index (χ1) is 7.91. The predicted molar refractivity (Wildman–Crippen MR) is 59.5 cm³/mol. The van der Waals surface area contributed by atoms with E-state index >= 15 is 0 Å². The zero-order valence-electron chi connectivity index (χ0n) is 10.0. The maximum Gasteiger partial charge on any atom is 0.323 e. The van der Waals surface area contributed by atoms with E-state index in [-0.39, 0.29) is 19.0 Å². The summed E-state index contributed by atoms with van der Waals surface area (Å²) in [6, 6.07) is -0.420. The van der Waals surface area contributed by atoms with Crippen molar-refractivity contribution in [1.29, 1.82) is 0 Å². The number of hydrogen-bond acceptors (Lipinski definition) is 3. The van der Waals surface area contributed by atoms with E-state index in [4.69, 9.17) is 5.11 Å². The van der Waals surface area contributed by atoms with E-state index in [1.807, 2.05) is 0 Å². The van der Waals surface area contributed by atoms with Crippen LogP contribution in [0.15, 0.2) is 0 Å². The number of aliphatic carboxylic acids is 1. The molecular weight excluding hydrogens is 226 g/mol. The first-order valence-corrected chi connectivity index (χ1v) is 5.37. The lowest BCUT2D eigenvalue weighted by atomic mass is 10.4. The molecule has 1 N–H and O–H groups in total. The maximum atomic E-state index is 11.9. The van der Waals surface area contributed by atoms with Gasteiger partial charge in [0.05, 0.1) is 0 Å². The zero-order valence-corrected chi connectivity index (χ0v) is 10.0. The first kappa shape index (κ1) is 13.3. The van der Waals surface area contributed by atoms with Gasteiger partial charge in [-0.25, -0.2) is 4.79 Å². The molecule has 7 heteroatoms. The topological polar surface area (TPSA) is 81.2 Å². The van der Waals surface area contributed by atoms with Gasteiger partial charge >= 0.3 is 12.0 Å². The average Bonchev–Trinajstić information content (AvgIpc) is 2.40. The van der Waals surface area contributed by atoms with Gasteiger partial charge in [0, 0.05) is 27.2 Å². The molecule has 0 aliphatic carbocycles. The summed E-state index contributed by atoms with van der Waals surface area (Å²) >= 11 is 0. The summed E-state index contributed by atoms with van der Waals surface area (Å²) < 4.78 is 0. The average molecular weight is 243 g/mol. The number of carbonyl (C=O) groups excluding carboxylic acids is 2. The highest BCUT2D eigenvalue weighted by Crippen LogP contribution is 2.05. The Hall–Kier alpha value is -1.79. The Morgan fingerprint density at radius 1 is 1.41 bits per heavy atom. The van der Waals surface area contributed by atoms with Gasteiger partial charge in [0.1, 0.15) is 13.1 Å². The van der Waals surface area contributed by atoms with Gasteiger partial charge in [-0.1, -0.05) is 0 Å². The number of carbonyl (C=O) groups is 3. The van der Waals surface area contributed by atoms with Crippen LogP contribution in [0.5, 0.6) is 0 Å². The molecule has 1 saturated heterocycles. The molecule has 17 heavy (non-hydrogen) atoms. The van der Waals surface area contributed by atoms with Gasteiger partial charge in [0.15, 0.2) is 0 Å².